The van der Waals surface area contributed by atoms with E-state index in [0.29, 0.717) is 0 Å². The summed E-state index contributed by atoms with van der Waals surface area (Å²) >= 11 is 0. The molecule has 0 aliphatic heterocycles. The minimum Gasteiger partial charge on any atom is -0.478 e. The van der Waals surface area contributed by atoms with Crippen LogP contribution in [0.3, 0.4) is 0 Å². The molecular weight excluding hydrogens is 241 g/mol. The maximum absolute atomic E-state index is 11.9. The van der Waals surface area contributed by atoms with E-state index in [1.807, 2.05) is 0 Å². The third kappa shape index (κ3) is 3.91. The van der Waals surface area contributed by atoms with E-state index in [1.54, 1.807) is 0 Å². The predicted octanol–water partition coefficient (Wildman–Crippen LogP) is 1.11. The lowest BCUT2D eigenvalue weighted by molar-refractivity contribution is -0.198. The maximum atomic E-state index is 11.9. The van der Waals surface area contributed by atoms with Gasteiger partial charge in [0, 0.05) is 6.20 Å². The van der Waals surface area contributed by atoms with E-state index in [2.05, 4.69) is 10.3 Å². The maximum Gasteiger partial charge on any atom is 0.416 e. The monoisotopic (exact) mass is 250 g/mol. The Morgan fingerprint density at radius 2 is 2.12 bits per heavy atom. The molecule has 0 aromatic carbocycles. The van der Waals surface area contributed by atoms with Crippen LogP contribution in [0.2, 0.25) is 0 Å². The molecule has 0 saturated carbocycles. The zero-order chi connectivity index (χ0) is 13.1. The highest BCUT2D eigenvalue weighted by molar-refractivity contribution is 5.87. The molecule has 17 heavy (non-hydrogen) atoms. The molecule has 0 bridgehead atoms. The minimum absolute atomic E-state index is 0.0540. The highest BCUT2D eigenvalue weighted by Gasteiger charge is 2.37. The number of aliphatic hydroxyl groups is 1. The van der Waals surface area contributed by atoms with Gasteiger partial charge in [-0.1, -0.05) is 0 Å². The summed E-state index contributed by atoms with van der Waals surface area (Å²) in [5.74, 6) is -1.13. The summed E-state index contributed by atoms with van der Waals surface area (Å²) < 4.78 is 35.8. The topological polar surface area (TPSA) is 82.5 Å². The van der Waals surface area contributed by atoms with Crippen LogP contribution in [0.15, 0.2) is 18.3 Å². The Morgan fingerprint density at radius 1 is 1.47 bits per heavy atom. The van der Waals surface area contributed by atoms with Crippen molar-refractivity contribution in [3.63, 3.8) is 0 Å². The molecule has 1 rings (SSSR count). The Bertz CT molecular complexity index is 391. The molecule has 8 heteroatoms. The Balaban J connectivity index is 2.56. The average Bonchev–Trinajstić information content (AvgIpc) is 2.25. The van der Waals surface area contributed by atoms with Crippen LogP contribution in [0.25, 0.3) is 0 Å². The summed E-state index contributed by atoms with van der Waals surface area (Å²) in [5, 5.41) is 19.5. The van der Waals surface area contributed by atoms with E-state index in [-0.39, 0.29) is 11.4 Å². The zero-order valence-corrected chi connectivity index (χ0v) is 8.40. The lowest BCUT2D eigenvalue weighted by Crippen LogP contribution is -2.35. The second-order valence-electron chi connectivity index (χ2n) is 3.18. The number of carbonyl (C=O) groups is 1. The fourth-order valence-corrected chi connectivity index (χ4v) is 0.942. The van der Waals surface area contributed by atoms with Crippen LogP contribution >= 0.6 is 0 Å². The predicted molar refractivity (Wildman–Crippen MR) is 51.7 cm³/mol. The molecule has 0 spiro atoms. The summed E-state index contributed by atoms with van der Waals surface area (Å²) in [6.07, 6.45) is -6.19. The Labute approximate surface area is 93.9 Å². The van der Waals surface area contributed by atoms with Crippen molar-refractivity contribution in [3.05, 3.63) is 23.9 Å². The van der Waals surface area contributed by atoms with Crippen molar-refractivity contribution in [2.45, 2.75) is 12.3 Å². The van der Waals surface area contributed by atoms with Gasteiger partial charge < -0.3 is 15.5 Å². The van der Waals surface area contributed by atoms with Gasteiger partial charge in [-0.15, -0.1) is 0 Å². The van der Waals surface area contributed by atoms with E-state index < -0.39 is 24.8 Å². The number of hydrogen-bond donors (Lipinski definition) is 3. The summed E-state index contributed by atoms with van der Waals surface area (Å²) in [6, 6.07) is 2.41. The van der Waals surface area contributed by atoms with Gasteiger partial charge in [0.05, 0.1) is 12.1 Å². The first-order valence-corrected chi connectivity index (χ1v) is 4.48. The molecule has 0 amide bonds. The summed E-state index contributed by atoms with van der Waals surface area (Å²) in [7, 11) is 0. The number of alkyl halides is 3. The number of aliphatic hydroxyl groups excluding tert-OH is 1. The number of nitrogens with zero attached hydrogens (tertiary/aromatic N) is 1. The van der Waals surface area contributed by atoms with Gasteiger partial charge >= 0.3 is 12.1 Å². The van der Waals surface area contributed by atoms with Crippen molar-refractivity contribution in [1.82, 2.24) is 4.98 Å². The fourth-order valence-electron chi connectivity index (χ4n) is 0.942. The molecule has 0 saturated heterocycles. The molecular formula is C9H9F3N2O3. The molecule has 0 aliphatic rings. The molecule has 1 aromatic rings. The number of carboxylic acids is 1. The van der Waals surface area contributed by atoms with Gasteiger partial charge in [0.2, 0.25) is 0 Å². The van der Waals surface area contributed by atoms with Gasteiger partial charge in [-0.3, -0.25) is 0 Å². The molecule has 1 unspecified atom stereocenters. The van der Waals surface area contributed by atoms with Crippen LogP contribution in [0.1, 0.15) is 10.4 Å². The van der Waals surface area contributed by atoms with E-state index in [0.717, 1.165) is 6.20 Å². The highest BCUT2D eigenvalue weighted by Crippen LogP contribution is 2.20. The number of aromatic carboxylic acids is 1. The molecule has 94 valence electrons. The van der Waals surface area contributed by atoms with E-state index in [1.165, 1.54) is 12.1 Å². The molecule has 5 nitrogen and oxygen atoms in total. The van der Waals surface area contributed by atoms with Crippen LogP contribution in [-0.4, -0.2) is 40.0 Å². The van der Waals surface area contributed by atoms with Crippen molar-refractivity contribution in [3.8, 4) is 0 Å². The van der Waals surface area contributed by atoms with Gasteiger partial charge in [-0.2, -0.15) is 13.2 Å². The fraction of sp³-hybridized carbons (Fsp3) is 0.333. The Morgan fingerprint density at radius 3 is 2.53 bits per heavy atom. The molecule has 0 fully saturated rings. The third-order valence-corrected chi connectivity index (χ3v) is 1.86. The molecule has 1 aromatic heterocycles. The normalized spacial score (nSPS) is 13.2. The van der Waals surface area contributed by atoms with Crippen LogP contribution in [0, 0.1) is 0 Å². The van der Waals surface area contributed by atoms with Gasteiger partial charge in [0.25, 0.3) is 0 Å². The van der Waals surface area contributed by atoms with Crippen molar-refractivity contribution < 1.29 is 28.2 Å². The van der Waals surface area contributed by atoms with Crippen LogP contribution in [-0.2, 0) is 0 Å². The van der Waals surface area contributed by atoms with Gasteiger partial charge in [-0.25, -0.2) is 9.78 Å². The second kappa shape index (κ2) is 5.00. The van der Waals surface area contributed by atoms with Crippen molar-refractivity contribution in [1.29, 1.82) is 0 Å². The number of carboxylic acid groups (broad SMARTS) is 1. The average molecular weight is 250 g/mol. The molecule has 3 N–H and O–H groups in total. The number of nitrogens with one attached hydrogen (secondary N) is 1. The lowest BCUT2D eigenvalue weighted by atomic mass is 10.3. The van der Waals surface area contributed by atoms with Crippen molar-refractivity contribution in [2.75, 3.05) is 11.9 Å². The number of halogens is 3. The van der Waals surface area contributed by atoms with Gasteiger partial charge in [0.1, 0.15) is 5.82 Å². The number of anilines is 1. The van der Waals surface area contributed by atoms with Crippen LogP contribution in [0.4, 0.5) is 19.0 Å². The molecule has 1 atom stereocenters. The van der Waals surface area contributed by atoms with E-state index >= 15 is 0 Å². The van der Waals surface area contributed by atoms with Gasteiger partial charge in [-0.05, 0) is 12.1 Å². The number of hydrogen-bond acceptors (Lipinski definition) is 4. The first-order valence-electron chi connectivity index (χ1n) is 4.48. The van der Waals surface area contributed by atoms with E-state index in [4.69, 9.17) is 10.2 Å². The van der Waals surface area contributed by atoms with Gasteiger partial charge in [0.15, 0.2) is 6.10 Å². The summed E-state index contributed by atoms with van der Waals surface area (Å²) in [6.45, 7) is -0.747. The SMILES string of the molecule is O=C(O)c1ccc(NCC(O)C(F)(F)F)nc1. The number of pyridine rings is 1. The quantitative estimate of drug-likeness (QED) is 0.745. The summed E-state index contributed by atoms with van der Waals surface area (Å²) in [5.41, 5.74) is -0.0769. The number of aromatic nitrogens is 1. The second-order valence-corrected chi connectivity index (χ2v) is 3.18. The molecule has 1 heterocycles. The number of rotatable bonds is 4. The molecule has 0 aliphatic carbocycles. The van der Waals surface area contributed by atoms with Crippen LogP contribution < -0.4 is 5.32 Å². The Hall–Kier alpha value is -1.83. The smallest absolute Gasteiger partial charge is 0.416 e. The van der Waals surface area contributed by atoms with Crippen molar-refractivity contribution in [2.24, 2.45) is 0 Å². The van der Waals surface area contributed by atoms with Crippen LogP contribution in [0.5, 0.6) is 0 Å². The molecule has 0 radical (unpaired) electrons. The largest absolute Gasteiger partial charge is 0.478 e. The lowest BCUT2D eigenvalue weighted by Gasteiger charge is -2.15. The standard InChI is InChI=1S/C9H9F3N2O3/c10-9(11,12)6(15)4-14-7-2-1-5(3-13-7)8(16)17/h1-3,6,15H,4H2,(H,13,14)(H,16,17). The minimum atomic E-state index is -4.70. The highest BCUT2D eigenvalue weighted by atomic mass is 19.4. The zero-order valence-electron chi connectivity index (χ0n) is 8.40. The first kappa shape index (κ1) is 13.2. The van der Waals surface area contributed by atoms with Crippen molar-refractivity contribution >= 4 is 11.8 Å². The van der Waals surface area contributed by atoms with E-state index in [9.17, 15) is 18.0 Å². The Kier molecular flexibility index (Phi) is 3.89. The summed E-state index contributed by atoms with van der Waals surface area (Å²) in [4.78, 5) is 14.0. The first-order chi connectivity index (χ1) is 7.80. The third-order valence-electron chi connectivity index (χ3n) is 1.86.